The Morgan fingerprint density at radius 2 is 1.85 bits per heavy atom. The molecule has 0 saturated carbocycles. The molecule has 1 aliphatic heterocycles. The predicted molar refractivity (Wildman–Crippen MR) is 98.3 cm³/mol. The van der Waals surface area contributed by atoms with E-state index < -0.39 is 5.92 Å². The van der Waals surface area contributed by atoms with Gasteiger partial charge in [-0.15, -0.1) is 0 Å². The number of nitrogens with one attached hydrogen (secondary N) is 1. The average molecular weight is 359 g/mol. The van der Waals surface area contributed by atoms with Crippen LogP contribution >= 0.6 is 0 Å². The van der Waals surface area contributed by atoms with Crippen molar-refractivity contribution in [3.8, 4) is 11.3 Å². The van der Waals surface area contributed by atoms with E-state index in [1.54, 1.807) is 25.3 Å². The summed E-state index contributed by atoms with van der Waals surface area (Å²) in [5.41, 5.74) is 2.63. The first-order valence-electron chi connectivity index (χ1n) is 8.80. The van der Waals surface area contributed by atoms with Gasteiger partial charge in [-0.25, -0.2) is 8.78 Å². The van der Waals surface area contributed by atoms with Crippen LogP contribution in [0.25, 0.3) is 11.3 Å². The van der Waals surface area contributed by atoms with Crippen molar-refractivity contribution in [2.45, 2.75) is 38.7 Å². The molecule has 1 fully saturated rings. The molecule has 3 rings (SSSR count). The quantitative estimate of drug-likeness (QED) is 0.899. The monoisotopic (exact) mass is 359 g/mol. The smallest absolute Gasteiger partial charge is 0.270 e. The average Bonchev–Trinajstić information content (AvgIpc) is 2.61. The number of nitrogens with zero attached hydrogens (tertiary/aromatic N) is 2. The Morgan fingerprint density at radius 3 is 2.42 bits per heavy atom. The highest BCUT2D eigenvalue weighted by atomic mass is 19.3. The predicted octanol–water partition coefficient (Wildman–Crippen LogP) is 3.97. The number of piperidine rings is 1. The number of carbonyl (C=O) groups excluding carboxylic acids is 1. The highest BCUT2D eigenvalue weighted by Gasteiger charge is 2.24. The molecule has 0 spiro atoms. The first-order chi connectivity index (χ1) is 12.3. The van der Waals surface area contributed by atoms with Crippen LogP contribution in [0.15, 0.2) is 42.6 Å². The molecule has 0 aliphatic carbocycles. The summed E-state index contributed by atoms with van der Waals surface area (Å²) in [6.45, 7) is 4.15. The van der Waals surface area contributed by atoms with Crippen LogP contribution in [0, 0.1) is 0 Å². The SMILES string of the molecule is CC(=O)NC1CCN(c2ccnc(-c3ccc(C(C)(F)F)cc3)c2)CC1. The first kappa shape index (κ1) is 18.3. The van der Waals surface area contributed by atoms with Crippen LogP contribution < -0.4 is 10.2 Å². The number of halogens is 2. The zero-order chi connectivity index (χ0) is 18.7. The van der Waals surface area contributed by atoms with Gasteiger partial charge in [-0.1, -0.05) is 24.3 Å². The summed E-state index contributed by atoms with van der Waals surface area (Å²) in [6, 6.07) is 10.4. The fraction of sp³-hybridized carbons (Fsp3) is 0.400. The van der Waals surface area contributed by atoms with Crippen LogP contribution in [-0.2, 0) is 10.7 Å². The number of alkyl halides is 2. The van der Waals surface area contributed by atoms with Crippen LogP contribution in [0.1, 0.15) is 32.3 Å². The van der Waals surface area contributed by atoms with Gasteiger partial charge in [0.1, 0.15) is 0 Å². The second kappa shape index (κ2) is 7.40. The summed E-state index contributed by atoms with van der Waals surface area (Å²) >= 11 is 0. The molecular formula is C20H23F2N3O. The minimum absolute atomic E-state index is 0.00236. The molecule has 1 saturated heterocycles. The first-order valence-corrected chi connectivity index (χ1v) is 8.80. The van der Waals surface area contributed by atoms with Crippen molar-refractivity contribution >= 4 is 11.6 Å². The Morgan fingerprint density at radius 1 is 1.19 bits per heavy atom. The van der Waals surface area contributed by atoms with Gasteiger partial charge in [0.2, 0.25) is 5.91 Å². The van der Waals surface area contributed by atoms with Gasteiger partial charge in [-0.2, -0.15) is 0 Å². The zero-order valence-corrected chi connectivity index (χ0v) is 15.0. The van der Waals surface area contributed by atoms with E-state index in [-0.39, 0.29) is 17.5 Å². The molecule has 26 heavy (non-hydrogen) atoms. The number of carbonyl (C=O) groups is 1. The second-order valence-electron chi connectivity index (χ2n) is 6.83. The van der Waals surface area contributed by atoms with Crippen LogP contribution in [0.2, 0.25) is 0 Å². The summed E-state index contributed by atoms with van der Waals surface area (Å²) < 4.78 is 26.7. The number of aromatic nitrogens is 1. The molecule has 2 heterocycles. The Labute approximate surface area is 152 Å². The van der Waals surface area contributed by atoms with E-state index >= 15 is 0 Å². The van der Waals surface area contributed by atoms with Crippen molar-refractivity contribution in [1.82, 2.24) is 10.3 Å². The largest absolute Gasteiger partial charge is 0.371 e. The molecule has 0 atom stereocenters. The fourth-order valence-electron chi connectivity index (χ4n) is 3.28. The lowest BCUT2D eigenvalue weighted by Gasteiger charge is -2.33. The summed E-state index contributed by atoms with van der Waals surface area (Å²) in [4.78, 5) is 17.8. The second-order valence-corrected chi connectivity index (χ2v) is 6.83. The number of anilines is 1. The van der Waals surface area contributed by atoms with Crippen molar-refractivity contribution in [3.63, 3.8) is 0 Å². The molecule has 2 aromatic rings. The van der Waals surface area contributed by atoms with Crippen LogP contribution in [0.4, 0.5) is 14.5 Å². The Balaban J connectivity index is 1.72. The van der Waals surface area contributed by atoms with Crippen molar-refractivity contribution in [2.24, 2.45) is 0 Å². The van der Waals surface area contributed by atoms with Crippen LogP contribution in [-0.4, -0.2) is 30.0 Å². The van der Waals surface area contributed by atoms with Crippen LogP contribution in [0.5, 0.6) is 0 Å². The Kier molecular flexibility index (Phi) is 5.20. The standard InChI is InChI=1S/C20H23F2N3O/c1-14(26)24-17-8-11-25(12-9-17)18-7-10-23-19(13-18)15-3-5-16(6-4-15)20(2,21)22/h3-7,10,13,17H,8-9,11-12H2,1-2H3,(H,24,26). The molecule has 0 bridgehead atoms. The van der Waals surface area contributed by atoms with Gasteiger partial charge in [0.25, 0.3) is 5.92 Å². The van der Waals surface area contributed by atoms with Gasteiger partial charge < -0.3 is 10.2 Å². The van der Waals surface area contributed by atoms with E-state index in [0.717, 1.165) is 49.8 Å². The summed E-state index contributed by atoms with van der Waals surface area (Å²) in [7, 11) is 0. The third kappa shape index (κ3) is 4.36. The number of amides is 1. The van der Waals surface area contributed by atoms with E-state index in [4.69, 9.17) is 0 Å². The van der Waals surface area contributed by atoms with Crippen molar-refractivity contribution in [1.29, 1.82) is 0 Å². The van der Waals surface area contributed by atoms with Gasteiger partial charge in [0.05, 0.1) is 5.69 Å². The third-order valence-corrected chi connectivity index (χ3v) is 4.70. The lowest BCUT2D eigenvalue weighted by Crippen LogP contribution is -2.44. The molecule has 0 radical (unpaired) electrons. The van der Waals surface area contributed by atoms with Crippen molar-refractivity contribution in [3.05, 3.63) is 48.2 Å². The molecule has 1 aliphatic rings. The van der Waals surface area contributed by atoms with E-state index in [2.05, 4.69) is 15.2 Å². The number of pyridine rings is 1. The molecule has 1 aromatic heterocycles. The Hall–Kier alpha value is -2.50. The zero-order valence-electron chi connectivity index (χ0n) is 15.0. The number of hydrogen-bond donors (Lipinski definition) is 1. The minimum Gasteiger partial charge on any atom is -0.371 e. The molecule has 6 heteroatoms. The topological polar surface area (TPSA) is 45.2 Å². The maximum Gasteiger partial charge on any atom is 0.270 e. The fourth-order valence-corrected chi connectivity index (χ4v) is 3.28. The van der Waals surface area contributed by atoms with Gasteiger partial charge in [-0.3, -0.25) is 9.78 Å². The van der Waals surface area contributed by atoms with E-state index in [9.17, 15) is 13.6 Å². The summed E-state index contributed by atoms with van der Waals surface area (Å²) in [5, 5.41) is 2.97. The normalized spacial score (nSPS) is 15.8. The molecule has 138 valence electrons. The molecule has 1 aromatic carbocycles. The van der Waals surface area contributed by atoms with Crippen molar-refractivity contribution < 1.29 is 13.6 Å². The lowest BCUT2D eigenvalue weighted by molar-refractivity contribution is -0.119. The molecular weight excluding hydrogens is 336 g/mol. The summed E-state index contributed by atoms with van der Waals surface area (Å²) in [6.07, 6.45) is 3.54. The third-order valence-electron chi connectivity index (χ3n) is 4.70. The van der Waals surface area contributed by atoms with Gasteiger partial charge in [0, 0.05) is 56.0 Å². The highest BCUT2D eigenvalue weighted by Crippen LogP contribution is 2.30. The number of benzene rings is 1. The Bertz CT molecular complexity index is 763. The number of hydrogen-bond acceptors (Lipinski definition) is 3. The maximum absolute atomic E-state index is 13.4. The van der Waals surface area contributed by atoms with Gasteiger partial charge in [-0.05, 0) is 25.0 Å². The van der Waals surface area contributed by atoms with Crippen molar-refractivity contribution in [2.75, 3.05) is 18.0 Å². The number of rotatable bonds is 4. The van der Waals surface area contributed by atoms with Gasteiger partial charge in [0.15, 0.2) is 0 Å². The molecule has 1 amide bonds. The van der Waals surface area contributed by atoms with E-state index in [0.29, 0.717) is 0 Å². The molecule has 1 N–H and O–H groups in total. The molecule has 0 unspecified atom stereocenters. The highest BCUT2D eigenvalue weighted by molar-refractivity contribution is 5.73. The van der Waals surface area contributed by atoms with E-state index in [1.807, 2.05) is 12.1 Å². The van der Waals surface area contributed by atoms with Crippen LogP contribution in [0.3, 0.4) is 0 Å². The summed E-state index contributed by atoms with van der Waals surface area (Å²) in [5.74, 6) is -2.83. The minimum atomic E-state index is -2.84. The van der Waals surface area contributed by atoms with Gasteiger partial charge >= 0.3 is 0 Å². The lowest BCUT2D eigenvalue weighted by atomic mass is 10.0. The maximum atomic E-state index is 13.4. The van der Waals surface area contributed by atoms with E-state index in [1.165, 1.54) is 12.1 Å². The molecule has 4 nitrogen and oxygen atoms in total.